The number of nitrogens with zero attached hydrogens (tertiary/aromatic N) is 4. The van der Waals surface area contributed by atoms with Crippen molar-refractivity contribution in [2.75, 3.05) is 75.8 Å². The highest BCUT2D eigenvalue weighted by Crippen LogP contribution is 2.44. The van der Waals surface area contributed by atoms with Gasteiger partial charge >= 0.3 is 0 Å². The normalized spacial score (nSPS) is 21.4. The number of carbonyl (C=O) groups is 2. The van der Waals surface area contributed by atoms with Crippen LogP contribution in [0.4, 0.5) is 17.1 Å². The van der Waals surface area contributed by atoms with Crippen molar-refractivity contribution in [1.82, 2.24) is 19.8 Å². The van der Waals surface area contributed by atoms with Gasteiger partial charge in [0.1, 0.15) is 17.2 Å². The van der Waals surface area contributed by atoms with Gasteiger partial charge in [0.2, 0.25) is 0 Å². The highest BCUT2D eigenvalue weighted by atomic mass is 35.5. The van der Waals surface area contributed by atoms with Crippen molar-refractivity contribution in [2.45, 2.75) is 82.2 Å². The molecule has 4 aromatic carbocycles. The van der Waals surface area contributed by atoms with E-state index in [9.17, 15) is 28.1 Å². The molecule has 3 heterocycles. The molecule has 4 aromatic rings. The minimum absolute atomic E-state index is 0.0102. The monoisotopic (exact) mass is 965 g/mol. The third kappa shape index (κ3) is 10.8. The fourth-order valence-electron chi connectivity index (χ4n) is 10.5. The Morgan fingerprint density at radius 3 is 2.41 bits per heavy atom. The van der Waals surface area contributed by atoms with Crippen LogP contribution in [0.3, 0.4) is 0 Å². The van der Waals surface area contributed by atoms with Gasteiger partial charge in [0, 0.05) is 98.4 Å². The molecule has 2 saturated heterocycles. The lowest BCUT2D eigenvalue weighted by atomic mass is 9.72. The fourth-order valence-corrected chi connectivity index (χ4v) is 11.6. The molecule has 3 fully saturated rings. The quantitative estimate of drug-likeness (QED) is 0.0865. The molecule has 3 aliphatic heterocycles. The number of benzene rings is 4. The summed E-state index contributed by atoms with van der Waals surface area (Å²) in [4.78, 5) is 45.4. The van der Waals surface area contributed by atoms with Crippen LogP contribution in [0.25, 0.3) is 5.57 Å². The predicted molar refractivity (Wildman–Crippen MR) is 263 cm³/mol. The van der Waals surface area contributed by atoms with E-state index in [2.05, 4.69) is 56.0 Å². The number of amides is 2. The number of carbonyl (C=O) groups excluding carboxylic acids is 2. The summed E-state index contributed by atoms with van der Waals surface area (Å²) >= 11 is 6.26. The van der Waals surface area contributed by atoms with Gasteiger partial charge in [0.05, 0.1) is 28.6 Å². The number of nitro benzene ring substituents is 1. The van der Waals surface area contributed by atoms with Crippen LogP contribution < -0.4 is 25.0 Å². The third-order valence-electron chi connectivity index (χ3n) is 14.3. The smallest absolute Gasteiger partial charge is 0.293 e. The number of hydrogen-bond acceptors (Lipinski definition) is 12. The van der Waals surface area contributed by atoms with Gasteiger partial charge in [0.25, 0.3) is 27.5 Å². The molecule has 68 heavy (non-hydrogen) atoms. The van der Waals surface area contributed by atoms with Gasteiger partial charge in [-0.25, -0.2) is 13.1 Å². The average Bonchev–Trinajstić information content (AvgIpc) is 3.33. The lowest BCUT2D eigenvalue weighted by molar-refractivity contribution is -0.384. The SMILES string of the molecule is CC1(C)CCC(CN2CCN(c3ccc(C(=O)NS(=O)(=O)c4ccc(N[C@H]5CC[C@H](N6CCOCC6)CC5)c([N+](=O)[O-])c4)c(Oc4cccc5c4CCNC5=O)c3)CC2)=C(c2ccc(Cl)cc2)C1. The van der Waals surface area contributed by atoms with E-state index in [0.717, 1.165) is 108 Å². The van der Waals surface area contributed by atoms with Crippen LogP contribution in [-0.4, -0.2) is 113 Å². The van der Waals surface area contributed by atoms with Gasteiger partial charge in [-0.1, -0.05) is 49.2 Å². The van der Waals surface area contributed by atoms with E-state index in [1.54, 1.807) is 36.4 Å². The fraction of sp³-hybridized carbons (Fsp3) is 0.451. The van der Waals surface area contributed by atoms with Gasteiger partial charge in [-0.15, -0.1) is 0 Å². The number of nitrogens with one attached hydrogen (secondary N) is 3. The van der Waals surface area contributed by atoms with Gasteiger partial charge < -0.3 is 25.0 Å². The second kappa shape index (κ2) is 20.2. The molecule has 2 amide bonds. The number of allylic oxidation sites excluding steroid dienone is 1. The van der Waals surface area contributed by atoms with Crippen LogP contribution in [0.2, 0.25) is 5.02 Å². The van der Waals surface area contributed by atoms with E-state index in [4.69, 9.17) is 21.1 Å². The molecule has 0 spiro atoms. The van der Waals surface area contributed by atoms with Crippen molar-refractivity contribution < 1.29 is 32.4 Å². The number of fused-ring (bicyclic) bond motifs is 1. The Morgan fingerprint density at radius 1 is 0.926 bits per heavy atom. The molecule has 5 aliphatic rings. The Morgan fingerprint density at radius 2 is 1.68 bits per heavy atom. The van der Waals surface area contributed by atoms with E-state index in [1.165, 1.54) is 28.8 Å². The molecule has 2 aliphatic carbocycles. The van der Waals surface area contributed by atoms with Crippen LogP contribution in [-0.2, 0) is 21.2 Å². The Labute approximate surface area is 403 Å². The number of hydrogen-bond donors (Lipinski definition) is 3. The highest BCUT2D eigenvalue weighted by Gasteiger charge is 2.32. The zero-order valence-electron chi connectivity index (χ0n) is 38.7. The molecule has 0 atom stereocenters. The van der Waals surface area contributed by atoms with Crippen LogP contribution in [0, 0.1) is 15.5 Å². The number of sulfonamides is 1. The molecule has 3 N–H and O–H groups in total. The lowest BCUT2D eigenvalue weighted by Crippen LogP contribution is -2.47. The van der Waals surface area contributed by atoms with Gasteiger partial charge in [-0.05, 0) is 116 Å². The van der Waals surface area contributed by atoms with Crippen LogP contribution >= 0.6 is 11.6 Å². The van der Waals surface area contributed by atoms with E-state index >= 15 is 0 Å². The molecule has 0 unspecified atom stereocenters. The largest absolute Gasteiger partial charge is 0.456 e. The Hall–Kier alpha value is -5.52. The Bertz CT molecular complexity index is 2690. The summed E-state index contributed by atoms with van der Waals surface area (Å²) in [6.07, 6.45) is 7.19. The standard InChI is InChI=1S/C51H60ClN7O8S/c1-51(2)20-18-35(44(32-51)34-6-8-36(52)9-7-34)33-56-22-24-57(25-23-56)39-14-16-43(48(30-39)67-47-5-3-4-42-41(47)19-21-53-49(42)60)50(61)55-68(64,65)40-15-17-45(46(31-40)59(62)63)54-37-10-12-38(13-11-37)58-26-28-66-29-27-58/h3-9,14-17,30-31,37-38,54H,10-13,18-29,32-33H2,1-2H3,(H,53,60)(H,55,61)/t37-,38-. The number of anilines is 2. The molecular weight excluding hydrogens is 906 g/mol. The summed E-state index contributed by atoms with van der Waals surface area (Å²) in [6, 6.07) is 22.5. The zero-order chi connectivity index (χ0) is 47.6. The first-order valence-electron chi connectivity index (χ1n) is 23.8. The number of piperazine rings is 1. The first-order chi connectivity index (χ1) is 32.7. The van der Waals surface area contributed by atoms with E-state index in [0.29, 0.717) is 49.0 Å². The first-order valence-corrected chi connectivity index (χ1v) is 25.7. The van der Waals surface area contributed by atoms with Crippen LogP contribution in [0.1, 0.15) is 90.6 Å². The highest BCUT2D eigenvalue weighted by molar-refractivity contribution is 7.90. The van der Waals surface area contributed by atoms with Crippen molar-refractivity contribution in [2.24, 2.45) is 5.41 Å². The number of nitro groups is 1. The maximum atomic E-state index is 14.2. The molecule has 17 heteroatoms. The topological polar surface area (TPSA) is 176 Å². The molecule has 0 bridgehead atoms. The summed E-state index contributed by atoms with van der Waals surface area (Å²) in [5.41, 5.74) is 5.99. The van der Waals surface area contributed by atoms with Crippen molar-refractivity contribution in [1.29, 1.82) is 0 Å². The molecule has 1 saturated carbocycles. The van der Waals surface area contributed by atoms with Crippen molar-refractivity contribution >= 4 is 56.1 Å². The maximum absolute atomic E-state index is 14.2. The zero-order valence-corrected chi connectivity index (χ0v) is 40.3. The summed E-state index contributed by atoms with van der Waals surface area (Å²) in [5.74, 6) is -0.716. The number of morpholine rings is 1. The molecule has 360 valence electrons. The molecule has 0 aromatic heterocycles. The summed E-state index contributed by atoms with van der Waals surface area (Å²) < 4.78 is 42.0. The van der Waals surface area contributed by atoms with E-state index < -0.39 is 31.4 Å². The van der Waals surface area contributed by atoms with Gasteiger partial charge in [-0.3, -0.25) is 29.5 Å². The average molecular weight is 967 g/mol. The van der Waals surface area contributed by atoms with Crippen molar-refractivity contribution in [3.8, 4) is 11.5 Å². The summed E-state index contributed by atoms with van der Waals surface area (Å²) in [6.45, 7) is 12.2. The van der Waals surface area contributed by atoms with Crippen LogP contribution in [0.5, 0.6) is 11.5 Å². The van der Waals surface area contributed by atoms with Gasteiger partial charge in [0.15, 0.2) is 0 Å². The second-order valence-corrected chi connectivity index (χ2v) is 21.6. The molecule has 0 radical (unpaired) electrons. The first kappa shape index (κ1) is 47.5. The number of halogens is 1. The summed E-state index contributed by atoms with van der Waals surface area (Å²) in [7, 11) is -4.61. The minimum atomic E-state index is -4.61. The number of rotatable bonds is 13. The predicted octanol–water partition coefficient (Wildman–Crippen LogP) is 8.29. The molecular formula is C51H60ClN7O8S. The molecule has 15 nitrogen and oxygen atoms in total. The second-order valence-electron chi connectivity index (χ2n) is 19.4. The molecule has 9 rings (SSSR count). The van der Waals surface area contributed by atoms with E-state index in [1.807, 2.05) is 12.1 Å². The minimum Gasteiger partial charge on any atom is -0.456 e. The van der Waals surface area contributed by atoms with Crippen molar-refractivity contribution in [3.05, 3.63) is 122 Å². The Balaban J connectivity index is 0.923. The maximum Gasteiger partial charge on any atom is 0.293 e. The summed E-state index contributed by atoms with van der Waals surface area (Å²) in [5, 5.41) is 19.2. The van der Waals surface area contributed by atoms with Crippen LogP contribution in [0.15, 0.2) is 89.3 Å². The van der Waals surface area contributed by atoms with Gasteiger partial charge in [-0.2, -0.15) is 0 Å². The Kier molecular flexibility index (Phi) is 14.1. The third-order valence-corrected chi connectivity index (χ3v) is 15.9. The van der Waals surface area contributed by atoms with Crippen molar-refractivity contribution in [3.63, 3.8) is 0 Å². The van der Waals surface area contributed by atoms with E-state index in [-0.39, 0.29) is 34.4 Å². The lowest BCUT2D eigenvalue weighted by Gasteiger charge is -2.39. The number of ether oxygens (including phenoxy) is 2.